The van der Waals surface area contributed by atoms with Gasteiger partial charge in [-0.2, -0.15) is 5.26 Å². The molecule has 0 fully saturated rings. The monoisotopic (exact) mass is 553 g/mol. The lowest BCUT2D eigenvalue weighted by molar-refractivity contribution is 0.108. The molecule has 0 spiro atoms. The van der Waals surface area contributed by atoms with Crippen LogP contribution in [0.5, 0.6) is 0 Å². The van der Waals surface area contributed by atoms with Gasteiger partial charge in [0.25, 0.3) is 10.0 Å². The minimum absolute atomic E-state index is 0.109. The second kappa shape index (κ2) is 9.54. The fraction of sp³-hybridized carbons (Fsp3) is 0.281. The van der Waals surface area contributed by atoms with Crippen LogP contribution in [0.3, 0.4) is 0 Å². The van der Waals surface area contributed by atoms with Gasteiger partial charge in [-0.15, -0.1) is 0 Å². The summed E-state index contributed by atoms with van der Waals surface area (Å²) in [5, 5.41) is 11.4. The lowest BCUT2D eigenvalue weighted by Gasteiger charge is -2.39. The van der Waals surface area contributed by atoms with Crippen molar-refractivity contribution in [2.24, 2.45) is 5.92 Å². The van der Waals surface area contributed by atoms with Gasteiger partial charge in [-0.05, 0) is 63.1 Å². The van der Waals surface area contributed by atoms with Crippen LogP contribution in [0.4, 0.5) is 0 Å². The average molecular weight is 554 g/mol. The predicted molar refractivity (Wildman–Crippen MR) is 154 cm³/mol. The van der Waals surface area contributed by atoms with Gasteiger partial charge < -0.3 is 14.4 Å². The van der Waals surface area contributed by atoms with Crippen molar-refractivity contribution >= 4 is 26.5 Å². The van der Waals surface area contributed by atoms with Crippen molar-refractivity contribution in [3.05, 3.63) is 106 Å². The Bertz CT molecular complexity index is 1820. The van der Waals surface area contributed by atoms with E-state index >= 15 is 0 Å². The zero-order valence-corrected chi connectivity index (χ0v) is 24.0. The van der Waals surface area contributed by atoms with Crippen LogP contribution in [0.2, 0.25) is 0 Å². The number of aromatic nitrogens is 1. The molecule has 0 amide bonds. The second-order valence-electron chi connectivity index (χ2n) is 10.6. The minimum atomic E-state index is -3.87. The summed E-state index contributed by atoms with van der Waals surface area (Å²) in [5.74, 6) is 0.0998. The van der Waals surface area contributed by atoms with Crippen molar-refractivity contribution in [2.45, 2.75) is 44.2 Å². The molecule has 0 radical (unpaired) electrons. The Balaban J connectivity index is 1.57. The molecule has 6 rings (SSSR count). The normalized spacial score (nSPS) is 22.6. The maximum Gasteiger partial charge on any atom is 0.268 e. The van der Waals surface area contributed by atoms with E-state index in [2.05, 4.69) is 24.0 Å². The molecule has 40 heavy (non-hydrogen) atoms. The molecule has 3 atom stereocenters. The van der Waals surface area contributed by atoms with E-state index in [-0.39, 0.29) is 17.0 Å². The Morgan fingerprint density at radius 3 is 2.45 bits per heavy atom. The molecule has 3 aromatic rings. The highest BCUT2D eigenvalue weighted by atomic mass is 32.2. The highest BCUT2D eigenvalue weighted by molar-refractivity contribution is 7.90. The number of allylic oxidation sites excluding steroid dienone is 4. The van der Waals surface area contributed by atoms with Gasteiger partial charge in [0, 0.05) is 52.8 Å². The molecule has 0 saturated heterocycles. The number of ether oxygens (including phenoxy) is 2. The zero-order valence-electron chi connectivity index (χ0n) is 23.2. The van der Waals surface area contributed by atoms with Crippen LogP contribution >= 0.6 is 0 Å². The van der Waals surface area contributed by atoms with Gasteiger partial charge in [-0.3, -0.25) is 0 Å². The molecule has 7 nitrogen and oxygen atoms in total. The van der Waals surface area contributed by atoms with Crippen LogP contribution in [0.25, 0.3) is 16.5 Å². The number of aryl methyl sites for hydroxylation is 1. The standard InChI is InChI=1S/C32H31N3O4S/c1-19-10-12-23(13-11-19)40(36,37)34-18-27(24-8-6-7-9-28(24)34)31-21(3)35-20(2)14-22-15-29(38-4)30(39-5)16-25(22)32(35)26(31)17-33/h6-13,15-16,18,20,26,29H,14H2,1-5H3. The Morgan fingerprint density at radius 2 is 1.77 bits per heavy atom. The number of hydrogen-bond acceptors (Lipinski definition) is 6. The number of fused-ring (bicyclic) bond motifs is 3. The van der Waals surface area contributed by atoms with Crippen LogP contribution < -0.4 is 0 Å². The van der Waals surface area contributed by atoms with Gasteiger partial charge in [0.1, 0.15) is 17.8 Å². The molecule has 8 heteroatoms. The van der Waals surface area contributed by atoms with Crippen molar-refractivity contribution in [1.82, 2.24) is 8.87 Å². The first-order valence-corrected chi connectivity index (χ1v) is 14.7. The summed E-state index contributed by atoms with van der Waals surface area (Å²) in [6.07, 6.45) is 6.27. The Labute approximate surface area is 235 Å². The molecule has 0 saturated carbocycles. The summed E-state index contributed by atoms with van der Waals surface area (Å²) in [6, 6.07) is 17.0. The van der Waals surface area contributed by atoms with Crippen molar-refractivity contribution in [3.8, 4) is 6.07 Å². The first-order chi connectivity index (χ1) is 19.2. The molecule has 1 aliphatic carbocycles. The van der Waals surface area contributed by atoms with Gasteiger partial charge in [-0.25, -0.2) is 12.4 Å². The van der Waals surface area contributed by atoms with Crippen LogP contribution in [-0.4, -0.2) is 43.7 Å². The van der Waals surface area contributed by atoms with E-state index in [4.69, 9.17) is 9.47 Å². The number of nitrogens with zero attached hydrogens (tertiary/aromatic N) is 3. The Hall–Kier alpha value is -4.06. The molecule has 3 unspecified atom stereocenters. The molecular weight excluding hydrogens is 522 g/mol. The van der Waals surface area contributed by atoms with Gasteiger partial charge in [0.05, 0.1) is 23.6 Å². The molecule has 0 N–H and O–H groups in total. The van der Waals surface area contributed by atoms with E-state index in [9.17, 15) is 13.7 Å². The van der Waals surface area contributed by atoms with E-state index in [1.54, 1.807) is 44.7 Å². The third-order valence-electron chi connectivity index (χ3n) is 8.24. The van der Waals surface area contributed by atoms with Gasteiger partial charge in [-0.1, -0.05) is 35.9 Å². The third-order valence-corrected chi connectivity index (χ3v) is 9.92. The Kier molecular flexibility index (Phi) is 6.25. The zero-order chi connectivity index (χ0) is 28.3. The summed E-state index contributed by atoms with van der Waals surface area (Å²) in [7, 11) is -0.591. The summed E-state index contributed by atoms with van der Waals surface area (Å²) >= 11 is 0. The molecule has 3 aliphatic rings. The molecule has 2 aromatic carbocycles. The van der Waals surface area contributed by atoms with Crippen molar-refractivity contribution in [3.63, 3.8) is 0 Å². The summed E-state index contributed by atoms with van der Waals surface area (Å²) in [6.45, 7) is 6.11. The van der Waals surface area contributed by atoms with E-state index < -0.39 is 15.9 Å². The highest BCUT2D eigenvalue weighted by Gasteiger charge is 2.44. The first-order valence-electron chi connectivity index (χ1n) is 13.3. The molecule has 204 valence electrons. The van der Waals surface area contributed by atoms with Crippen LogP contribution in [0.15, 0.2) is 100 Å². The SMILES string of the molecule is COC1=CC2=C3C(C#N)C(c4cn(S(=O)(=O)c5ccc(C)cc5)c5ccccc45)=C(C)N3C(C)CC2=CC1OC. The van der Waals surface area contributed by atoms with E-state index in [1.165, 1.54) is 3.97 Å². The van der Waals surface area contributed by atoms with Gasteiger partial charge in [0.15, 0.2) is 0 Å². The number of rotatable bonds is 5. The number of para-hydroxylation sites is 1. The highest BCUT2D eigenvalue weighted by Crippen LogP contribution is 2.52. The molecule has 2 aliphatic heterocycles. The molecule has 0 bridgehead atoms. The Morgan fingerprint density at radius 1 is 1.05 bits per heavy atom. The maximum atomic E-state index is 13.9. The summed E-state index contributed by atoms with van der Waals surface area (Å²) in [4.78, 5) is 2.46. The lowest BCUT2D eigenvalue weighted by Crippen LogP contribution is -2.36. The van der Waals surface area contributed by atoms with Crippen LogP contribution in [-0.2, 0) is 19.5 Å². The smallest absolute Gasteiger partial charge is 0.268 e. The molecular formula is C32H31N3O4S. The third kappa shape index (κ3) is 3.76. The predicted octanol–water partition coefficient (Wildman–Crippen LogP) is 5.90. The first kappa shape index (κ1) is 26.2. The van der Waals surface area contributed by atoms with E-state index in [0.717, 1.165) is 51.0 Å². The summed E-state index contributed by atoms with van der Waals surface area (Å²) in [5.41, 5.74) is 7.10. The maximum absolute atomic E-state index is 13.9. The number of hydrogen-bond donors (Lipinski definition) is 0. The number of nitriles is 1. The van der Waals surface area contributed by atoms with Crippen LogP contribution in [0, 0.1) is 24.2 Å². The lowest BCUT2D eigenvalue weighted by atomic mass is 9.83. The second-order valence-corrected chi connectivity index (χ2v) is 12.4. The number of methoxy groups -OCH3 is 2. The average Bonchev–Trinajstić information content (AvgIpc) is 3.48. The van der Waals surface area contributed by atoms with Crippen molar-refractivity contribution in [2.75, 3.05) is 14.2 Å². The molecule has 1 aromatic heterocycles. The minimum Gasteiger partial charge on any atom is -0.498 e. The fourth-order valence-electron chi connectivity index (χ4n) is 6.37. The summed E-state index contributed by atoms with van der Waals surface area (Å²) < 4.78 is 40.4. The molecule has 3 heterocycles. The quantitative estimate of drug-likeness (QED) is 0.391. The van der Waals surface area contributed by atoms with E-state index in [0.29, 0.717) is 11.3 Å². The number of benzene rings is 2. The fourth-order valence-corrected chi connectivity index (χ4v) is 7.74. The van der Waals surface area contributed by atoms with Gasteiger partial charge in [0.2, 0.25) is 0 Å². The van der Waals surface area contributed by atoms with Crippen molar-refractivity contribution < 1.29 is 17.9 Å². The van der Waals surface area contributed by atoms with E-state index in [1.807, 2.05) is 44.2 Å². The largest absolute Gasteiger partial charge is 0.498 e. The topological polar surface area (TPSA) is 84.6 Å². The van der Waals surface area contributed by atoms with Gasteiger partial charge >= 0.3 is 0 Å². The van der Waals surface area contributed by atoms with Crippen molar-refractivity contribution in [1.29, 1.82) is 5.26 Å². The van der Waals surface area contributed by atoms with Crippen LogP contribution in [0.1, 0.15) is 31.4 Å².